The number of hydrogen-bond donors (Lipinski definition) is 0. The lowest BCUT2D eigenvalue weighted by Crippen LogP contribution is -2.47. The average Bonchev–Trinajstić information content (AvgIpc) is 2.58. The number of piperazine rings is 1. The Morgan fingerprint density at radius 2 is 1.48 bits per heavy atom. The van der Waals surface area contributed by atoms with Crippen molar-refractivity contribution in [1.82, 2.24) is 9.80 Å². The molecule has 0 spiro atoms. The standard InChI is InChI=1S/C20H24N2O/c1-17(23)22-13-11-21(12-14-22)16-20-10-6-5-9-19(20)15-18-7-3-2-4-8-18/h2-10H,11-16H2,1H3. The number of hydrogen-bond acceptors (Lipinski definition) is 2. The van der Waals surface area contributed by atoms with Gasteiger partial charge in [-0.05, 0) is 23.1 Å². The van der Waals surface area contributed by atoms with Crippen LogP contribution in [0.4, 0.5) is 0 Å². The Morgan fingerprint density at radius 1 is 0.870 bits per heavy atom. The van der Waals surface area contributed by atoms with Gasteiger partial charge in [0.1, 0.15) is 0 Å². The van der Waals surface area contributed by atoms with Crippen molar-refractivity contribution in [1.29, 1.82) is 0 Å². The van der Waals surface area contributed by atoms with Gasteiger partial charge in [0.05, 0.1) is 0 Å². The molecule has 2 aromatic rings. The zero-order valence-corrected chi connectivity index (χ0v) is 13.7. The second kappa shape index (κ2) is 7.42. The quantitative estimate of drug-likeness (QED) is 0.867. The summed E-state index contributed by atoms with van der Waals surface area (Å²) in [5.41, 5.74) is 4.14. The lowest BCUT2D eigenvalue weighted by atomic mass is 9.99. The van der Waals surface area contributed by atoms with E-state index in [4.69, 9.17) is 0 Å². The van der Waals surface area contributed by atoms with Gasteiger partial charge in [0.25, 0.3) is 0 Å². The summed E-state index contributed by atoms with van der Waals surface area (Å²) in [5.74, 6) is 0.189. The van der Waals surface area contributed by atoms with Crippen molar-refractivity contribution in [3.63, 3.8) is 0 Å². The third-order valence-corrected chi connectivity index (χ3v) is 4.57. The molecule has 23 heavy (non-hydrogen) atoms. The van der Waals surface area contributed by atoms with E-state index in [9.17, 15) is 4.79 Å². The normalized spacial score (nSPS) is 15.6. The molecule has 3 rings (SSSR count). The van der Waals surface area contributed by atoms with Crippen molar-refractivity contribution in [3.05, 3.63) is 71.3 Å². The first kappa shape index (κ1) is 15.8. The number of benzene rings is 2. The van der Waals surface area contributed by atoms with Crippen LogP contribution in [0.5, 0.6) is 0 Å². The summed E-state index contributed by atoms with van der Waals surface area (Å²) in [7, 11) is 0. The van der Waals surface area contributed by atoms with E-state index in [1.807, 2.05) is 4.90 Å². The van der Waals surface area contributed by atoms with Crippen molar-refractivity contribution in [2.24, 2.45) is 0 Å². The van der Waals surface area contributed by atoms with Crippen LogP contribution in [0.3, 0.4) is 0 Å². The van der Waals surface area contributed by atoms with E-state index in [1.54, 1.807) is 6.92 Å². The first-order valence-electron chi connectivity index (χ1n) is 8.31. The molecular formula is C20H24N2O. The molecule has 0 unspecified atom stereocenters. The number of carbonyl (C=O) groups excluding carboxylic acids is 1. The van der Waals surface area contributed by atoms with Crippen LogP contribution in [-0.4, -0.2) is 41.9 Å². The third-order valence-electron chi connectivity index (χ3n) is 4.57. The number of nitrogens with zero attached hydrogens (tertiary/aromatic N) is 2. The summed E-state index contributed by atoms with van der Waals surface area (Å²) in [6.07, 6.45) is 0.977. The van der Waals surface area contributed by atoms with Crippen molar-refractivity contribution in [2.75, 3.05) is 26.2 Å². The minimum Gasteiger partial charge on any atom is -0.340 e. The largest absolute Gasteiger partial charge is 0.340 e. The van der Waals surface area contributed by atoms with Crippen LogP contribution in [0, 0.1) is 0 Å². The predicted octanol–water partition coefficient (Wildman–Crippen LogP) is 2.94. The summed E-state index contributed by atoms with van der Waals surface area (Å²) in [6, 6.07) is 19.3. The molecule has 0 aromatic heterocycles. The van der Waals surface area contributed by atoms with Gasteiger partial charge in [0, 0.05) is 39.6 Å². The maximum Gasteiger partial charge on any atom is 0.219 e. The van der Waals surface area contributed by atoms with Crippen LogP contribution in [0.1, 0.15) is 23.6 Å². The van der Waals surface area contributed by atoms with Crippen LogP contribution in [0.15, 0.2) is 54.6 Å². The van der Waals surface area contributed by atoms with Gasteiger partial charge in [0.15, 0.2) is 0 Å². The average molecular weight is 308 g/mol. The Kier molecular flexibility index (Phi) is 5.09. The zero-order valence-electron chi connectivity index (χ0n) is 13.7. The number of rotatable bonds is 4. The van der Waals surface area contributed by atoms with Gasteiger partial charge in [0.2, 0.25) is 5.91 Å². The summed E-state index contributed by atoms with van der Waals surface area (Å²) in [5, 5.41) is 0. The Hall–Kier alpha value is -2.13. The van der Waals surface area contributed by atoms with Gasteiger partial charge in [-0.2, -0.15) is 0 Å². The van der Waals surface area contributed by atoms with E-state index in [1.165, 1.54) is 16.7 Å². The van der Waals surface area contributed by atoms with Crippen LogP contribution in [0.25, 0.3) is 0 Å². The molecule has 1 heterocycles. The molecule has 1 aliphatic rings. The van der Waals surface area contributed by atoms with Gasteiger partial charge < -0.3 is 4.90 Å². The molecule has 0 N–H and O–H groups in total. The maximum atomic E-state index is 11.4. The second-order valence-electron chi connectivity index (χ2n) is 6.21. The fourth-order valence-corrected chi connectivity index (χ4v) is 3.16. The molecule has 0 aliphatic carbocycles. The minimum atomic E-state index is 0.189. The Morgan fingerprint density at radius 3 is 2.13 bits per heavy atom. The van der Waals surface area contributed by atoms with Crippen molar-refractivity contribution >= 4 is 5.91 Å². The van der Waals surface area contributed by atoms with Crippen molar-refractivity contribution in [3.8, 4) is 0 Å². The number of carbonyl (C=O) groups is 1. The van der Waals surface area contributed by atoms with E-state index in [0.29, 0.717) is 0 Å². The van der Waals surface area contributed by atoms with Crippen molar-refractivity contribution in [2.45, 2.75) is 19.9 Å². The van der Waals surface area contributed by atoms with Gasteiger partial charge in [-0.3, -0.25) is 9.69 Å². The topological polar surface area (TPSA) is 23.6 Å². The van der Waals surface area contributed by atoms with Gasteiger partial charge in [-0.1, -0.05) is 54.6 Å². The minimum absolute atomic E-state index is 0.189. The van der Waals surface area contributed by atoms with Crippen LogP contribution >= 0.6 is 0 Å². The Labute approximate surface area is 138 Å². The molecule has 3 heteroatoms. The Bertz CT molecular complexity index is 646. The highest BCUT2D eigenvalue weighted by molar-refractivity contribution is 5.73. The molecule has 1 fully saturated rings. The molecule has 1 saturated heterocycles. The Balaban J connectivity index is 1.66. The molecule has 1 amide bonds. The fraction of sp³-hybridized carbons (Fsp3) is 0.350. The molecule has 120 valence electrons. The van der Waals surface area contributed by atoms with E-state index in [2.05, 4.69) is 59.5 Å². The lowest BCUT2D eigenvalue weighted by molar-refractivity contribution is -0.130. The summed E-state index contributed by atoms with van der Waals surface area (Å²) < 4.78 is 0. The molecule has 3 nitrogen and oxygen atoms in total. The van der Waals surface area contributed by atoms with Gasteiger partial charge in [-0.15, -0.1) is 0 Å². The van der Waals surface area contributed by atoms with E-state index >= 15 is 0 Å². The number of amides is 1. The molecule has 0 bridgehead atoms. The smallest absolute Gasteiger partial charge is 0.219 e. The first-order chi connectivity index (χ1) is 11.2. The van der Waals surface area contributed by atoms with E-state index in [-0.39, 0.29) is 5.91 Å². The highest BCUT2D eigenvalue weighted by Crippen LogP contribution is 2.17. The highest BCUT2D eigenvalue weighted by Gasteiger charge is 2.19. The molecule has 0 saturated carbocycles. The van der Waals surface area contributed by atoms with Gasteiger partial charge in [-0.25, -0.2) is 0 Å². The third kappa shape index (κ3) is 4.20. The molecular weight excluding hydrogens is 284 g/mol. The predicted molar refractivity (Wildman–Crippen MR) is 93.2 cm³/mol. The summed E-state index contributed by atoms with van der Waals surface area (Å²) in [6.45, 7) is 6.23. The van der Waals surface area contributed by atoms with E-state index < -0.39 is 0 Å². The highest BCUT2D eigenvalue weighted by atomic mass is 16.2. The van der Waals surface area contributed by atoms with E-state index in [0.717, 1.165) is 39.1 Å². The lowest BCUT2D eigenvalue weighted by Gasteiger charge is -2.34. The summed E-state index contributed by atoms with van der Waals surface area (Å²) in [4.78, 5) is 15.8. The molecule has 2 aromatic carbocycles. The zero-order chi connectivity index (χ0) is 16.1. The monoisotopic (exact) mass is 308 g/mol. The van der Waals surface area contributed by atoms with Crippen molar-refractivity contribution < 1.29 is 4.79 Å². The molecule has 1 aliphatic heterocycles. The van der Waals surface area contributed by atoms with Crippen LogP contribution < -0.4 is 0 Å². The van der Waals surface area contributed by atoms with Gasteiger partial charge >= 0.3 is 0 Å². The summed E-state index contributed by atoms with van der Waals surface area (Å²) >= 11 is 0. The van der Waals surface area contributed by atoms with Crippen LogP contribution in [0.2, 0.25) is 0 Å². The first-order valence-corrected chi connectivity index (χ1v) is 8.31. The maximum absolute atomic E-state index is 11.4. The fourth-order valence-electron chi connectivity index (χ4n) is 3.16. The van der Waals surface area contributed by atoms with Crippen LogP contribution in [-0.2, 0) is 17.8 Å². The second-order valence-corrected chi connectivity index (χ2v) is 6.21. The SMILES string of the molecule is CC(=O)N1CCN(Cc2ccccc2Cc2ccccc2)CC1. The molecule has 0 radical (unpaired) electrons. The molecule has 0 atom stereocenters.